The molecule has 0 bridgehead atoms. The van der Waals surface area contributed by atoms with Gasteiger partial charge in [0.2, 0.25) is 0 Å². The highest BCUT2D eigenvalue weighted by atomic mass is 32.2. The van der Waals surface area contributed by atoms with Crippen molar-refractivity contribution >= 4 is 28.5 Å². The summed E-state index contributed by atoms with van der Waals surface area (Å²) in [6.45, 7) is 2.13. The molecule has 0 saturated heterocycles. The summed E-state index contributed by atoms with van der Waals surface area (Å²) < 4.78 is 5.52. The van der Waals surface area contributed by atoms with Crippen LogP contribution in [-0.4, -0.2) is 10.7 Å². The molecule has 0 fully saturated rings. The predicted molar refractivity (Wildman–Crippen MR) is 59.4 cm³/mol. The zero-order chi connectivity index (χ0) is 9.97. The number of aromatic nitrogens is 1. The van der Waals surface area contributed by atoms with Crippen molar-refractivity contribution in [3.05, 3.63) is 18.2 Å². The van der Waals surface area contributed by atoms with Gasteiger partial charge >= 0.3 is 0 Å². The van der Waals surface area contributed by atoms with Crippen molar-refractivity contribution in [2.75, 3.05) is 11.5 Å². The zero-order valence-electron chi connectivity index (χ0n) is 7.99. The van der Waals surface area contributed by atoms with Gasteiger partial charge in [-0.3, -0.25) is 0 Å². The Bertz CT molecular complexity index is 439. The number of rotatable bonds is 3. The van der Waals surface area contributed by atoms with E-state index in [2.05, 4.69) is 11.9 Å². The average molecular weight is 208 g/mol. The van der Waals surface area contributed by atoms with Crippen molar-refractivity contribution < 1.29 is 4.42 Å². The van der Waals surface area contributed by atoms with Gasteiger partial charge in [0.1, 0.15) is 5.52 Å². The van der Waals surface area contributed by atoms with Crippen LogP contribution >= 0.6 is 11.8 Å². The maximum Gasteiger partial charge on any atom is 0.256 e. The van der Waals surface area contributed by atoms with E-state index in [1.54, 1.807) is 17.8 Å². The summed E-state index contributed by atoms with van der Waals surface area (Å²) in [5.41, 5.74) is 7.99. The zero-order valence-corrected chi connectivity index (χ0v) is 8.80. The maximum atomic E-state index is 5.64. The van der Waals surface area contributed by atoms with Crippen LogP contribution in [0.4, 0.5) is 5.69 Å². The highest BCUT2D eigenvalue weighted by Crippen LogP contribution is 2.24. The summed E-state index contributed by atoms with van der Waals surface area (Å²) in [6.07, 6.45) is 1.12. The third-order valence-electron chi connectivity index (χ3n) is 1.82. The second kappa shape index (κ2) is 3.92. The smallest absolute Gasteiger partial charge is 0.256 e. The number of nitrogen functional groups attached to an aromatic ring is 1. The van der Waals surface area contributed by atoms with E-state index in [0.717, 1.165) is 28.5 Å². The molecule has 0 aliphatic heterocycles. The molecule has 3 nitrogen and oxygen atoms in total. The number of anilines is 1. The Hall–Kier alpha value is -1.16. The Labute approximate surface area is 86.7 Å². The molecule has 0 unspecified atom stereocenters. The molecule has 0 radical (unpaired) electrons. The second-order valence-electron chi connectivity index (χ2n) is 3.06. The van der Waals surface area contributed by atoms with E-state index < -0.39 is 0 Å². The summed E-state index contributed by atoms with van der Waals surface area (Å²) in [5.74, 6) is 1.03. The highest BCUT2D eigenvalue weighted by Gasteiger charge is 2.05. The lowest BCUT2D eigenvalue weighted by atomic mass is 10.3. The van der Waals surface area contributed by atoms with Crippen LogP contribution < -0.4 is 5.73 Å². The molecule has 1 aromatic carbocycles. The van der Waals surface area contributed by atoms with Gasteiger partial charge in [-0.15, -0.1) is 0 Å². The SMILES string of the molecule is CCCSc1nc2ccc(N)cc2o1. The number of oxazole rings is 1. The fourth-order valence-electron chi connectivity index (χ4n) is 1.17. The summed E-state index contributed by atoms with van der Waals surface area (Å²) in [6, 6.07) is 5.52. The first-order valence-corrected chi connectivity index (χ1v) is 5.57. The van der Waals surface area contributed by atoms with Gasteiger partial charge < -0.3 is 10.2 Å². The van der Waals surface area contributed by atoms with Gasteiger partial charge in [-0.05, 0) is 18.6 Å². The van der Waals surface area contributed by atoms with Gasteiger partial charge in [0.05, 0.1) is 0 Å². The number of hydrogen-bond donors (Lipinski definition) is 1. The summed E-state index contributed by atoms with van der Waals surface area (Å²) in [4.78, 5) is 4.33. The average Bonchev–Trinajstić information content (AvgIpc) is 2.56. The summed E-state index contributed by atoms with van der Waals surface area (Å²) in [7, 11) is 0. The first-order valence-electron chi connectivity index (χ1n) is 4.58. The number of thioether (sulfide) groups is 1. The molecular weight excluding hydrogens is 196 g/mol. The van der Waals surface area contributed by atoms with Crippen LogP contribution in [0.15, 0.2) is 27.8 Å². The first kappa shape index (κ1) is 9.40. The molecule has 2 aromatic rings. The van der Waals surface area contributed by atoms with Crippen LogP contribution in [0.1, 0.15) is 13.3 Å². The largest absolute Gasteiger partial charge is 0.431 e. The van der Waals surface area contributed by atoms with E-state index in [1.165, 1.54) is 0 Å². The van der Waals surface area contributed by atoms with Crippen LogP contribution in [0.2, 0.25) is 0 Å². The Balaban J connectivity index is 2.32. The van der Waals surface area contributed by atoms with E-state index in [9.17, 15) is 0 Å². The molecule has 2 N–H and O–H groups in total. The van der Waals surface area contributed by atoms with Crippen molar-refractivity contribution in [1.29, 1.82) is 0 Å². The summed E-state index contributed by atoms with van der Waals surface area (Å²) in [5, 5.41) is 0.729. The Morgan fingerprint density at radius 3 is 3.14 bits per heavy atom. The van der Waals surface area contributed by atoms with Crippen LogP contribution in [0.25, 0.3) is 11.1 Å². The Kier molecular flexibility index (Phi) is 2.63. The normalized spacial score (nSPS) is 10.9. The maximum absolute atomic E-state index is 5.64. The molecule has 0 aliphatic rings. The molecule has 1 aromatic heterocycles. The van der Waals surface area contributed by atoms with Crippen molar-refractivity contribution in [3.8, 4) is 0 Å². The molecule has 2 rings (SSSR count). The van der Waals surface area contributed by atoms with Gasteiger partial charge in [-0.1, -0.05) is 18.7 Å². The van der Waals surface area contributed by atoms with Crippen LogP contribution in [0.3, 0.4) is 0 Å². The van der Waals surface area contributed by atoms with E-state index in [0.29, 0.717) is 5.69 Å². The van der Waals surface area contributed by atoms with Gasteiger partial charge in [0, 0.05) is 17.5 Å². The molecule has 74 valence electrons. The fourth-order valence-corrected chi connectivity index (χ4v) is 1.86. The van der Waals surface area contributed by atoms with Crippen LogP contribution in [0, 0.1) is 0 Å². The minimum absolute atomic E-state index is 0.709. The molecule has 4 heteroatoms. The lowest BCUT2D eigenvalue weighted by Gasteiger charge is -1.89. The fraction of sp³-hybridized carbons (Fsp3) is 0.300. The van der Waals surface area contributed by atoms with E-state index in [1.807, 2.05) is 12.1 Å². The third-order valence-corrected chi connectivity index (χ3v) is 2.86. The molecule has 0 atom stereocenters. The topological polar surface area (TPSA) is 52.0 Å². The lowest BCUT2D eigenvalue weighted by molar-refractivity contribution is 0.489. The van der Waals surface area contributed by atoms with Gasteiger partial charge in [-0.2, -0.15) is 0 Å². The van der Waals surface area contributed by atoms with Crippen molar-refractivity contribution in [1.82, 2.24) is 4.98 Å². The van der Waals surface area contributed by atoms with E-state index in [-0.39, 0.29) is 0 Å². The van der Waals surface area contributed by atoms with Gasteiger partial charge in [-0.25, -0.2) is 4.98 Å². The highest BCUT2D eigenvalue weighted by molar-refractivity contribution is 7.99. The van der Waals surface area contributed by atoms with Gasteiger partial charge in [0.15, 0.2) is 5.58 Å². The standard InChI is InChI=1S/C10H12N2OS/c1-2-5-14-10-12-8-4-3-7(11)6-9(8)13-10/h3-4,6H,2,5,11H2,1H3. The lowest BCUT2D eigenvalue weighted by Crippen LogP contribution is -1.81. The molecule has 0 aliphatic carbocycles. The third kappa shape index (κ3) is 1.85. The number of benzene rings is 1. The van der Waals surface area contributed by atoms with Crippen LogP contribution in [-0.2, 0) is 0 Å². The molecule has 14 heavy (non-hydrogen) atoms. The van der Waals surface area contributed by atoms with Crippen molar-refractivity contribution in [2.45, 2.75) is 18.6 Å². The molecular formula is C10H12N2OS. The number of fused-ring (bicyclic) bond motifs is 1. The molecule has 0 saturated carbocycles. The Morgan fingerprint density at radius 2 is 2.36 bits per heavy atom. The quantitative estimate of drug-likeness (QED) is 0.622. The summed E-state index contributed by atoms with van der Waals surface area (Å²) >= 11 is 1.63. The van der Waals surface area contributed by atoms with Crippen molar-refractivity contribution in [2.24, 2.45) is 0 Å². The van der Waals surface area contributed by atoms with Crippen molar-refractivity contribution in [3.63, 3.8) is 0 Å². The molecule has 0 amide bonds. The second-order valence-corrected chi connectivity index (χ2v) is 4.10. The van der Waals surface area contributed by atoms with E-state index in [4.69, 9.17) is 10.2 Å². The Morgan fingerprint density at radius 1 is 1.50 bits per heavy atom. The number of nitrogens with two attached hydrogens (primary N) is 1. The minimum atomic E-state index is 0.709. The monoisotopic (exact) mass is 208 g/mol. The van der Waals surface area contributed by atoms with E-state index >= 15 is 0 Å². The molecule has 1 heterocycles. The molecule has 0 spiro atoms. The number of nitrogens with zero attached hydrogens (tertiary/aromatic N) is 1. The van der Waals surface area contributed by atoms with Gasteiger partial charge in [0.25, 0.3) is 5.22 Å². The predicted octanol–water partition coefficient (Wildman–Crippen LogP) is 2.91. The van der Waals surface area contributed by atoms with Crippen LogP contribution in [0.5, 0.6) is 0 Å². The minimum Gasteiger partial charge on any atom is -0.431 e. The first-order chi connectivity index (χ1) is 6.79. The number of hydrogen-bond acceptors (Lipinski definition) is 4.